The molecule has 0 aliphatic rings. The van der Waals surface area contributed by atoms with Crippen LogP contribution in [-0.4, -0.2) is 34.3 Å². The van der Waals surface area contributed by atoms with Gasteiger partial charge in [0.25, 0.3) is 0 Å². The molecule has 0 radical (unpaired) electrons. The van der Waals surface area contributed by atoms with Crippen LogP contribution in [0.4, 0.5) is 0 Å². The molecule has 2 aromatic carbocycles. The normalized spacial score (nSPS) is 12.0. The molecular weight excluding hydrogens is 402 g/mol. The van der Waals surface area contributed by atoms with Crippen molar-refractivity contribution in [2.45, 2.75) is 51.0 Å². The van der Waals surface area contributed by atoms with E-state index in [-0.39, 0.29) is 29.9 Å². The fourth-order valence-corrected chi connectivity index (χ4v) is 3.62. The molecule has 0 saturated carbocycles. The van der Waals surface area contributed by atoms with Gasteiger partial charge in [-0.2, -0.15) is 0 Å². The summed E-state index contributed by atoms with van der Waals surface area (Å²) < 4.78 is 5.72. The summed E-state index contributed by atoms with van der Waals surface area (Å²) >= 11 is 0. The standard InChI is InChI=1S/C23H31N3O3.ClH/c24-19(16-18-11-12-20(27)22-21(18)25-23(28)26-22)10-6-1-2-7-14-29-15-13-17-8-4-3-5-9-17;/h3-5,8-9,11-12,19,27H,1-2,6-7,10,13-16,24H2,(H2,25,26,28);1H. The van der Waals surface area contributed by atoms with E-state index in [2.05, 4.69) is 34.2 Å². The second-order valence-electron chi connectivity index (χ2n) is 7.59. The van der Waals surface area contributed by atoms with Gasteiger partial charge < -0.3 is 25.5 Å². The van der Waals surface area contributed by atoms with E-state index in [1.54, 1.807) is 6.07 Å². The molecule has 0 saturated heterocycles. The van der Waals surface area contributed by atoms with Gasteiger partial charge in [-0.05, 0) is 42.9 Å². The highest BCUT2D eigenvalue weighted by molar-refractivity contribution is 5.85. The van der Waals surface area contributed by atoms with Crippen LogP contribution in [0.25, 0.3) is 11.0 Å². The predicted octanol–water partition coefficient (Wildman–Crippen LogP) is 4.06. The van der Waals surface area contributed by atoms with Crippen molar-refractivity contribution in [2.24, 2.45) is 5.73 Å². The number of rotatable bonds is 12. The van der Waals surface area contributed by atoms with E-state index >= 15 is 0 Å². The highest BCUT2D eigenvalue weighted by Gasteiger charge is 2.12. The lowest BCUT2D eigenvalue weighted by Gasteiger charge is -2.12. The largest absolute Gasteiger partial charge is 0.506 e. The van der Waals surface area contributed by atoms with Gasteiger partial charge in [-0.15, -0.1) is 12.4 Å². The number of ether oxygens (including phenoxy) is 1. The van der Waals surface area contributed by atoms with E-state index in [1.165, 1.54) is 5.56 Å². The van der Waals surface area contributed by atoms with Gasteiger partial charge in [0.1, 0.15) is 11.3 Å². The molecule has 164 valence electrons. The van der Waals surface area contributed by atoms with Crippen molar-refractivity contribution in [2.75, 3.05) is 13.2 Å². The van der Waals surface area contributed by atoms with Gasteiger partial charge in [0.15, 0.2) is 0 Å². The minimum Gasteiger partial charge on any atom is -0.506 e. The molecule has 3 rings (SSSR count). The third-order valence-electron chi connectivity index (χ3n) is 5.22. The van der Waals surface area contributed by atoms with Crippen molar-refractivity contribution in [3.05, 3.63) is 64.1 Å². The summed E-state index contributed by atoms with van der Waals surface area (Å²) in [5, 5.41) is 9.85. The Hall–Kier alpha value is -2.28. The molecule has 0 aliphatic heterocycles. The number of fused-ring (bicyclic) bond motifs is 1. The number of H-pyrrole nitrogens is 2. The predicted molar refractivity (Wildman–Crippen MR) is 124 cm³/mol. The van der Waals surface area contributed by atoms with Crippen molar-refractivity contribution in [1.82, 2.24) is 9.97 Å². The van der Waals surface area contributed by atoms with Crippen molar-refractivity contribution in [3.63, 3.8) is 0 Å². The first-order chi connectivity index (χ1) is 14.1. The Morgan fingerprint density at radius 2 is 1.67 bits per heavy atom. The molecule has 1 atom stereocenters. The average molecular weight is 434 g/mol. The number of halogens is 1. The van der Waals surface area contributed by atoms with Crippen LogP contribution in [0, 0.1) is 0 Å². The monoisotopic (exact) mass is 433 g/mol. The van der Waals surface area contributed by atoms with Crippen LogP contribution in [0.2, 0.25) is 0 Å². The molecule has 1 heterocycles. The number of imidazole rings is 1. The number of phenolic OH excluding ortho intramolecular Hbond substituents is 1. The van der Waals surface area contributed by atoms with E-state index in [1.807, 2.05) is 12.1 Å². The molecule has 5 N–H and O–H groups in total. The first-order valence-corrected chi connectivity index (χ1v) is 10.4. The second kappa shape index (κ2) is 12.4. The number of hydrogen-bond acceptors (Lipinski definition) is 4. The van der Waals surface area contributed by atoms with Gasteiger partial charge in [0, 0.05) is 12.6 Å². The summed E-state index contributed by atoms with van der Waals surface area (Å²) in [4.78, 5) is 16.9. The molecule has 7 heteroatoms. The summed E-state index contributed by atoms with van der Waals surface area (Å²) in [6.45, 7) is 1.59. The Labute approximate surface area is 183 Å². The van der Waals surface area contributed by atoms with E-state index in [0.29, 0.717) is 17.5 Å². The number of nitrogens with two attached hydrogens (primary N) is 1. The van der Waals surface area contributed by atoms with Gasteiger partial charge in [0.2, 0.25) is 0 Å². The number of aromatic hydroxyl groups is 1. The second-order valence-corrected chi connectivity index (χ2v) is 7.59. The van der Waals surface area contributed by atoms with Gasteiger partial charge >= 0.3 is 5.69 Å². The van der Waals surface area contributed by atoms with E-state index in [9.17, 15) is 9.90 Å². The minimum absolute atomic E-state index is 0. The summed E-state index contributed by atoms with van der Waals surface area (Å²) in [5.74, 6) is 0.0710. The maximum atomic E-state index is 11.5. The first-order valence-electron chi connectivity index (χ1n) is 10.4. The lowest BCUT2D eigenvalue weighted by molar-refractivity contribution is 0.132. The average Bonchev–Trinajstić information content (AvgIpc) is 3.12. The highest BCUT2D eigenvalue weighted by Crippen LogP contribution is 2.24. The van der Waals surface area contributed by atoms with Crippen LogP contribution in [0.15, 0.2) is 47.3 Å². The molecule has 30 heavy (non-hydrogen) atoms. The molecule has 1 unspecified atom stereocenters. The molecule has 1 aromatic heterocycles. The Balaban J connectivity index is 0.00000320. The van der Waals surface area contributed by atoms with E-state index in [4.69, 9.17) is 10.5 Å². The van der Waals surface area contributed by atoms with Crippen LogP contribution < -0.4 is 11.4 Å². The summed E-state index contributed by atoms with van der Waals surface area (Å²) in [6, 6.07) is 13.9. The fraction of sp³-hybridized carbons (Fsp3) is 0.435. The van der Waals surface area contributed by atoms with Gasteiger partial charge in [-0.25, -0.2) is 4.79 Å². The SMILES string of the molecule is Cl.NC(CCCCCCOCCc1ccccc1)Cc1ccc(O)c2[nH]c(=O)[nH]c12. The van der Waals surface area contributed by atoms with E-state index in [0.717, 1.165) is 57.3 Å². The third-order valence-corrected chi connectivity index (χ3v) is 5.22. The lowest BCUT2D eigenvalue weighted by Crippen LogP contribution is -2.22. The van der Waals surface area contributed by atoms with Crippen molar-refractivity contribution in [3.8, 4) is 5.75 Å². The third kappa shape index (κ3) is 7.20. The van der Waals surface area contributed by atoms with Crippen LogP contribution in [0.5, 0.6) is 5.75 Å². The Morgan fingerprint density at radius 1 is 0.933 bits per heavy atom. The van der Waals surface area contributed by atoms with Crippen LogP contribution in [0.3, 0.4) is 0 Å². The highest BCUT2D eigenvalue weighted by atomic mass is 35.5. The van der Waals surface area contributed by atoms with Gasteiger partial charge in [-0.1, -0.05) is 55.7 Å². The summed E-state index contributed by atoms with van der Waals surface area (Å²) in [7, 11) is 0. The van der Waals surface area contributed by atoms with Gasteiger partial charge in [-0.3, -0.25) is 0 Å². The van der Waals surface area contributed by atoms with E-state index < -0.39 is 0 Å². The van der Waals surface area contributed by atoms with Crippen LogP contribution >= 0.6 is 12.4 Å². The van der Waals surface area contributed by atoms with Crippen LogP contribution in [0.1, 0.15) is 43.2 Å². The summed E-state index contributed by atoms with van der Waals surface area (Å²) in [6.07, 6.45) is 7.02. The Kier molecular flexibility index (Phi) is 9.94. The Bertz CT molecular complexity index is 940. The number of aromatic nitrogens is 2. The number of benzene rings is 2. The van der Waals surface area contributed by atoms with Crippen LogP contribution in [-0.2, 0) is 17.6 Å². The molecule has 0 fully saturated rings. The van der Waals surface area contributed by atoms with Crippen molar-refractivity contribution < 1.29 is 9.84 Å². The number of unbranched alkanes of at least 4 members (excludes halogenated alkanes) is 3. The number of nitrogens with one attached hydrogen (secondary N) is 2. The quantitative estimate of drug-likeness (QED) is 0.323. The maximum absolute atomic E-state index is 11.5. The van der Waals surface area contributed by atoms with Crippen molar-refractivity contribution >= 4 is 23.4 Å². The fourth-order valence-electron chi connectivity index (χ4n) is 3.62. The number of phenols is 1. The molecule has 6 nitrogen and oxygen atoms in total. The van der Waals surface area contributed by atoms with Crippen molar-refractivity contribution in [1.29, 1.82) is 0 Å². The molecular formula is C23H32ClN3O3. The molecule has 0 bridgehead atoms. The first kappa shape index (κ1) is 24.0. The molecule has 0 spiro atoms. The maximum Gasteiger partial charge on any atom is 0.323 e. The number of aromatic amines is 2. The van der Waals surface area contributed by atoms with Gasteiger partial charge in [0.05, 0.1) is 12.1 Å². The Morgan fingerprint density at radius 3 is 2.47 bits per heavy atom. The molecule has 0 amide bonds. The smallest absolute Gasteiger partial charge is 0.323 e. The summed E-state index contributed by atoms with van der Waals surface area (Å²) in [5.41, 5.74) is 9.34. The number of hydrogen-bond donors (Lipinski definition) is 4. The topological polar surface area (TPSA) is 104 Å². The zero-order chi connectivity index (χ0) is 20.5. The lowest BCUT2D eigenvalue weighted by atomic mass is 9.99. The molecule has 3 aromatic rings. The zero-order valence-corrected chi connectivity index (χ0v) is 18.0. The zero-order valence-electron chi connectivity index (χ0n) is 17.2. The minimum atomic E-state index is -0.317. The molecule has 0 aliphatic carbocycles.